The first-order chi connectivity index (χ1) is 19.8. The standard InChI is InChI=1S/C28H43FN3O9PSi/c1-18(2)38-24(34)19(3)31-42(36,40-20-13-11-10-12-14-20)37-17-21-23(41-43(8,9)27(4,5)6)28(7,29)25(39-21)32-16-15-22(33)30-26(32)35/h10-16,18-19,21,23,25H,17H2,1-9H3,(H,31,36)(H,30,33,35)/t19-,21+,23+,25+,28+,42+/m0/s1. The predicted octanol–water partition coefficient (Wildman–Crippen LogP) is 4.69. The molecular formula is C28H43FN3O9PSi. The third-order valence-corrected chi connectivity index (χ3v) is 13.5. The summed E-state index contributed by atoms with van der Waals surface area (Å²) in [7, 11) is -6.96. The lowest BCUT2D eigenvalue weighted by Gasteiger charge is -2.41. The van der Waals surface area contributed by atoms with Gasteiger partial charge < -0.3 is 18.4 Å². The van der Waals surface area contributed by atoms with E-state index in [4.69, 9.17) is 22.9 Å². The van der Waals surface area contributed by atoms with Crippen molar-refractivity contribution in [2.24, 2.45) is 0 Å². The van der Waals surface area contributed by atoms with Crippen LogP contribution in [0.25, 0.3) is 0 Å². The van der Waals surface area contributed by atoms with Gasteiger partial charge in [-0.2, -0.15) is 5.09 Å². The zero-order chi connectivity index (χ0) is 32.4. The topological polar surface area (TPSA) is 147 Å². The predicted molar refractivity (Wildman–Crippen MR) is 161 cm³/mol. The molecule has 240 valence electrons. The molecule has 15 heteroatoms. The summed E-state index contributed by atoms with van der Waals surface area (Å²) < 4.78 is 61.1. The number of aromatic nitrogens is 2. The third-order valence-electron chi connectivity index (χ3n) is 7.45. The molecule has 3 rings (SSSR count). The number of esters is 1. The Balaban J connectivity index is 1.97. The first-order valence-electron chi connectivity index (χ1n) is 14.1. The molecule has 1 aliphatic rings. The number of hydrogen-bond donors (Lipinski definition) is 2. The lowest BCUT2D eigenvalue weighted by Crippen LogP contribution is -2.53. The minimum atomic E-state index is -4.32. The van der Waals surface area contributed by atoms with E-state index in [1.54, 1.807) is 44.2 Å². The minimum Gasteiger partial charge on any atom is -0.462 e. The Morgan fingerprint density at radius 1 is 1.19 bits per heavy atom. The summed E-state index contributed by atoms with van der Waals surface area (Å²) in [4.78, 5) is 38.9. The normalized spacial score (nSPS) is 24.9. The fraction of sp³-hybridized carbons (Fsp3) is 0.607. The molecule has 1 aliphatic heterocycles. The second-order valence-electron chi connectivity index (χ2n) is 12.5. The van der Waals surface area contributed by atoms with Crippen molar-refractivity contribution in [3.8, 4) is 5.75 Å². The zero-order valence-corrected chi connectivity index (χ0v) is 28.0. The van der Waals surface area contributed by atoms with Crippen LogP contribution in [0.4, 0.5) is 4.39 Å². The molecule has 1 aromatic carbocycles. The first-order valence-corrected chi connectivity index (χ1v) is 18.5. The van der Waals surface area contributed by atoms with Gasteiger partial charge in [-0.25, -0.2) is 13.8 Å². The van der Waals surface area contributed by atoms with Gasteiger partial charge in [-0.1, -0.05) is 39.0 Å². The van der Waals surface area contributed by atoms with Crippen molar-refractivity contribution < 1.29 is 36.7 Å². The van der Waals surface area contributed by atoms with Crippen LogP contribution >= 0.6 is 7.75 Å². The summed E-state index contributed by atoms with van der Waals surface area (Å²) in [5, 5.41) is 2.28. The smallest absolute Gasteiger partial charge is 0.459 e. The van der Waals surface area contributed by atoms with E-state index in [0.29, 0.717) is 0 Å². The number of nitrogens with one attached hydrogen (secondary N) is 2. The van der Waals surface area contributed by atoms with E-state index in [0.717, 1.165) is 16.8 Å². The Labute approximate surface area is 251 Å². The Morgan fingerprint density at radius 2 is 1.81 bits per heavy atom. The van der Waals surface area contributed by atoms with Crippen molar-refractivity contribution in [3.05, 3.63) is 63.4 Å². The molecule has 1 aromatic heterocycles. The van der Waals surface area contributed by atoms with E-state index in [2.05, 4.69) is 10.1 Å². The number of carbonyl (C=O) groups excluding carboxylic acids is 1. The molecule has 12 nitrogen and oxygen atoms in total. The maximum Gasteiger partial charge on any atom is 0.459 e. The number of benzene rings is 1. The van der Waals surface area contributed by atoms with Gasteiger partial charge in [0.1, 0.15) is 24.0 Å². The van der Waals surface area contributed by atoms with E-state index >= 15 is 4.39 Å². The molecule has 0 saturated carbocycles. The van der Waals surface area contributed by atoms with Crippen molar-refractivity contribution in [1.29, 1.82) is 0 Å². The number of nitrogens with zero attached hydrogens (tertiary/aromatic N) is 1. The Morgan fingerprint density at radius 3 is 2.37 bits per heavy atom. The number of halogens is 1. The van der Waals surface area contributed by atoms with Gasteiger partial charge in [0.15, 0.2) is 20.2 Å². The lowest BCUT2D eigenvalue weighted by atomic mass is 9.98. The SMILES string of the molecule is CC(C)OC(=O)[C@H](C)N[P@@](=O)(OC[C@H]1O[C@@H](n2ccc(=O)[nH]c2=O)[C@](C)(F)[C@@H]1O[Si](C)(C)C(C)(C)C)Oc1ccccc1. The Bertz CT molecular complexity index is 1420. The average Bonchev–Trinajstić information content (AvgIpc) is 3.11. The summed E-state index contributed by atoms with van der Waals surface area (Å²) in [5.74, 6) is -0.488. The van der Waals surface area contributed by atoms with Crippen molar-refractivity contribution in [2.45, 2.75) is 103 Å². The van der Waals surface area contributed by atoms with E-state index in [-0.39, 0.29) is 10.8 Å². The average molecular weight is 644 g/mol. The van der Waals surface area contributed by atoms with Crippen LogP contribution < -0.4 is 20.9 Å². The van der Waals surface area contributed by atoms with E-state index in [1.165, 1.54) is 13.8 Å². The second-order valence-corrected chi connectivity index (χ2v) is 19.0. The lowest BCUT2D eigenvalue weighted by molar-refractivity contribution is -0.149. The molecule has 0 bridgehead atoms. The van der Waals surface area contributed by atoms with Gasteiger partial charge in [0.05, 0.1) is 12.7 Å². The number of carbonyl (C=O) groups is 1. The number of rotatable bonds is 12. The summed E-state index contributed by atoms with van der Waals surface area (Å²) in [6, 6.07) is 8.17. The summed E-state index contributed by atoms with van der Waals surface area (Å²) in [5.41, 5.74) is -3.81. The van der Waals surface area contributed by atoms with Crippen LogP contribution in [-0.2, 0) is 27.8 Å². The molecule has 1 fully saturated rings. The van der Waals surface area contributed by atoms with Gasteiger partial charge in [-0.3, -0.25) is 23.7 Å². The van der Waals surface area contributed by atoms with E-state index in [1.807, 2.05) is 33.9 Å². The van der Waals surface area contributed by atoms with Gasteiger partial charge in [-0.05, 0) is 58.0 Å². The van der Waals surface area contributed by atoms with Crippen LogP contribution in [-0.4, -0.2) is 60.5 Å². The van der Waals surface area contributed by atoms with Crippen LogP contribution in [0.5, 0.6) is 5.75 Å². The van der Waals surface area contributed by atoms with Crippen LogP contribution in [0.15, 0.2) is 52.2 Å². The summed E-state index contributed by atoms with van der Waals surface area (Å²) in [6.07, 6.45) is -3.24. The number of alkyl halides is 1. The molecule has 2 heterocycles. The summed E-state index contributed by atoms with van der Waals surface area (Å²) in [6.45, 7) is 15.4. The number of aromatic amines is 1. The van der Waals surface area contributed by atoms with Gasteiger partial charge >= 0.3 is 19.4 Å². The fourth-order valence-corrected chi connectivity index (χ4v) is 7.01. The van der Waals surface area contributed by atoms with E-state index in [9.17, 15) is 18.9 Å². The minimum absolute atomic E-state index is 0.192. The molecule has 1 saturated heterocycles. The molecule has 6 atom stereocenters. The van der Waals surface area contributed by atoms with Crippen LogP contribution in [0.3, 0.4) is 0 Å². The largest absolute Gasteiger partial charge is 0.462 e. The molecule has 2 aromatic rings. The summed E-state index contributed by atoms with van der Waals surface area (Å²) >= 11 is 0. The molecule has 2 N–H and O–H groups in total. The molecular weight excluding hydrogens is 600 g/mol. The molecule has 0 radical (unpaired) electrons. The van der Waals surface area contributed by atoms with E-state index < -0.39 is 76.1 Å². The molecule has 0 spiro atoms. The molecule has 0 aliphatic carbocycles. The monoisotopic (exact) mass is 643 g/mol. The van der Waals surface area contributed by atoms with Crippen molar-refractivity contribution in [2.75, 3.05) is 6.61 Å². The number of hydrogen-bond acceptors (Lipinski definition) is 9. The van der Waals surface area contributed by atoms with Gasteiger partial charge in [0.25, 0.3) is 5.56 Å². The molecule has 0 unspecified atom stereocenters. The fourth-order valence-electron chi connectivity index (χ4n) is 4.14. The number of para-hydroxylation sites is 1. The molecule has 43 heavy (non-hydrogen) atoms. The maximum absolute atomic E-state index is 16.8. The van der Waals surface area contributed by atoms with Gasteiger partial charge in [-0.15, -0.1) is 0 Å². The van der Waals surface area contributed by atoms with Crippen LogP contribution in [0.2, 0.25) is 18.1 Å². The van der Waals surface area contributed by atoms with Crippen molar-refractivity contribution >= 4 is 22.0 Å². The zero-order valence-electron chi connectivity index (χ0n) is 26.1. The second kappa shape index (κ2) is 13.2. The van der Waals surface area contributed by atoms with Gasteiger partial charge in [0.2, 0.25) is 0 Å². The van der Waals surface area contributed by atoms with Crippen molar-refractivity contribution in [3.63, 3.8) is 0 Å². The highest BCUT2D eigenvalue weighted by Gasteiger charge is 2.59. The Kier molecular flexibility index (Phi) is 10.7. The Hall–Kier alpha value is -2.61. The number of H-pyrrole nitrogens is 1. The maximum atomic E-state index is 16.8. The molecule has 0 amide bonds. The number of ether oxygens (including phenoxy) is 2. The van der Waals surface area contributed by atoms with Gasteiger partial charge in [0, 0.05) is 12.3 Å². The van der Waals surface area contributed by atoms with Crippen molar-refractivity contribution in [1.82, 2.24) is 14.6 Å². The third kappa shape index (κ3) is 8.52. The highest BCUT2D eigenvalue weighted by atomic mass is 31.2. The highest BCUT2D eigenvalue weighted by molar-refractivity contribution is 7.52. The first kappa shape index (κ1) is 34.9. The quantitative estimate of drug-likeness (QED) is 0.190. The highest BCUT2D eigenvalue weighted by Crippen LogP contribution is 2.50. The van der Waals surface area contributed by atoms with Crippen LogP contribution in [0.1, 0.15) is 54.7 Å². The van der Waals surface area contributed by atoms with Crippen LogP contribution in [0, 0.1) is 0 Å².